The van der Waals surface area contributed by atoms with Crippen molar-refractivity contribution in [3.8, 4) is 0 Å². The van der Waals surface area contributed by atoms with Gasteiger partial charge < -0.3 is 9.88 Å². The molecule has 6 nitrogen and oxygen atoms in total. The first-order chi connectivity index (χ1) is 9.70. The van der Waals surface area contributed by atoms with Crippen LogP contribution in [-0.2, 0) is 10.0 Å². The predicted molar refractivity (Wildman–Crippen MR) is 86.0 cm³/mol. The van der Waals surface area contributed by atoms with Crippen LogP contribution in [0.5, 0.6) is 0 Å². The van der Waals surface area contributed by atoms with Gasteiger partial charge in [0.2, 0.25) is 0 Å². The summed E-state index contributed by atoms with van der Waals surface area (Å²) in [5, 5.41) is 0. The van der Waals surface area contributed by atoms with Gasteiger partial charge in [-0.15, -0.1) is 0 Å². The normalized spacial score (nSPS) is 11.4. The molecule has 0 radical (unpaired) electrons. The number of hydrogen-bond acceptors (Lipinski definition) is 5. The zero-order valence-electron chi connectivity index (χ0n) is 12.2. The van der Waals surface area contributed by atoms with Gasteiger partial charge in [0.15, 0.2) is 4.21 Å². The second kappa shape index (κ2) is 5.53. The minimum Gasteiger partial charge on any atom is -0.378 e. The molecule has 2 aromatic rings. The minimum atomic E-state index is -3.76. The van der Waals surface area contributed by atoms with Gasteiger partial charge in [0, 0.05) is 25.5 Å². The Morgan fingerprint density at radius 2 is 1.90 bits per heavy atom. The van der Waals surface area contributed by atoms with Gasteiger partial charge in [-0.3, -0.25) is 9.52 Å². The zero-order valence-corrected chi connectivity index (χ0v) is 13.9. The number of aromatic nitrogens is 1. The molecule has 2 rings (SSSR count). The molecule has 1 aromatic heterocycles. The maximum Gasteiger partial charge on any atom is 0.306 e. The van der Waals surface area contributed by atoms with Crippen LogP contribution in [0.1, 0.15) is 11.3 Å². The molecule has 0 fully saturated rings. The van der Waals surface area contributed by atoms with Crippen molar-refractivity contribution in [3.05, 3.63) is 39.1 Å². The van der Waals surface area contributed by atoms with E-state index in [9.17, 15) is 13.2 Å². The van der Waals surface area contributed by atoms with Gasteiger partial charge in [-0.2, -0.15) is 0 Å². The van der Waals surface area contributed by atoms with Crippen molar-refractivity contribution in [3.63, 3.8) is 0 Å². The van der Waals surface area contributed by atoms with Gasteiger partial charge in [0.05, 0.1) is 5.69 Å². The van der Waals surface area contributed by atoms with E-state index in [0.29, 0.717) is 22.7 Å². The first-order valence-electron chi connectivity index (χ1n) is 6.21. The van der Waals surface area contributed by atoms with Crippen molar-refractivity contribution in [2.75, 3.05) is 23.7 Å². The summed E-state index contributed by atoms with van der Waals surface area (Å²) < 4.78 is 27.2. The molecule has 0 atom stereocenters. The number of aromatic amines is 1. The molecule has 8 heteroatoms. The maximum atomic E-state index is 12.3. The van der Waals surface area contributed by atoms with Crippen LogP contribution in [0.4, 0.5) is 11.4 Å². The number of aryl methyl sites for hydroxylation is 2. The Bertz CT molecular complexity index is 819. The molecule has 0 bridgehead atoms. The summed E-state index contributed by atoms with van der Waals surface area (Å²) in [5.74, 6) is 0. The number of nitrogens with zero attached hydrogens (tertiary/aromatic N) is 1. The summed E-state index contributed by atoms with van der Waals surface area (Å²) in [7, 11) is 0.0767. The van der Waals surface area contributed by atoms with E-state index >= 15 is 0 Å². The Morgan fingerprint density at radius 1 is 1.24 bits per heavy atom. The predicted octanol–water partition coefficient (Wildman–Crippen LogP) is 1.92. The highest BCUT2D eigenvalue weighted by molar-refractivity contribution is 7.94. The summed E-state index contributed by atoms with van der Waals surface area (Å²) >= 11 is 0.685. The molecule has 0 saturated heterocycles. The van der Waals surface area contributed by atoms with E-state index in [1.165, 1.54) is 0 Å². The number of anilines is 2. The fourth-order valence-corrected chi connectivity index (χ4v) is 4.31. The molecule has 0 amide bonds. The largest absolute Gasteiger partial charge is 0.378 e. The Labute approximate surface area is 127 Å². The number of sulfonamides is 1. The van der Waals surface area contributed by atoms with E-state index in [0.717, 1.165) is 11.3 Å². The SMILES string of the molecule is Cc1cc(N(C)C)ccc1NS(=O)(=O)c1sc(=O)[nH]c1C. The van der Waals surface area contributed by atoms with Crippen LogP contribution in [0.2, 0.25) is 0 Å². The summed E-state index contributed by atoms with van der Waals surface area (Å²) in [5.41, 5.74) is 2.64. The van der Waals surface area contributed by atoms with E-state index in [1.807, 2.05) is 38.1 Å². The van der Waals surface area contributed by atoms with Crippen molar-refractivity contribution >= 4 is 32.7 Å². The number of thiazole rings is 1. The number of rotatable bonds is 4. The molecule has 0 aliphatic heterocycles. The number of H-pyrrole nitrogens is 1. The molecule has 21 heavy (non-hydrogen) atoms. The maximum absolute atomic E-state index is 12.3. The molecule has 1 heterocycles. The molecule has 0 spiro atoms. The van der Waals surface area contributed by atoms with Crippen molar-refractivity contribution < 1.29 is 8.42 Å². The first kappa shape index (κ1) is 15.6. The van der Waals surface area contributed by atoms with Gasteiger partial charge >= 0.3 is 4.87 Å². The average Bonchev–Trinajstić information content (AvgIpc) is 2.71. The average molecular weight is 327 g/mol. The second-order valence-corrected chi connectivity index (χ2v) is 7.79. The fraction of sp³-hybridized carbons (Fsp3) is 0.308. The Kier molecular flexibility index (Phi) is 4.11. The molecular formula is C13H17N3O3S2. The van der Waals surface area contributed by atoms with Crippen LogP contribution in [0.15, 0.2) is 27.2 Å². The smallest absolute Gasteiger partial charge is 0.306 e. The van der Waals surface area contributed by atoms with Crippen molar-refractivity contribution in [1.29, 1.82) is 0 Å². The molecular weight excluding hydrogens is 310 g/mol. The van der Waals surface area contributed by atoms with E-state index in [-0.39, 0.29) is 9.08 Å². The molecule has 0 aliphatic carbocycles. The third-order valence-corrected chi connectivity index (χ3v) is 5.97. The topological polar surface area (TPSA) is 82.3 Å². The standard InChI is InChI=1S/C13H17N3O3S2/c1-8-7-10(16(3)4)5-6-11(8)15-21(18,19)12-9(2)14-13(17)20-12/h5-7,15H,1-4H3,(H,14,17). The van der Waals surface area contributed by atoms with Crippen molar-refractivity contribution in [2.24, 2.45) is 0 Å². The third kappa shape index (κ3) is 3.27. The molecule has 1 aromatic carbocycles. The lowest BCUT2D eigenvalue weighted by atomic mass is 10.2. The van der Waals surface area contributed by atoms with Gasteiger partial charge in [0.1, 0.15) is 0 Å². The first-order valence-corrected chi connectivity index (χ1v) is 8.51. The third-order valence-electron chi connectivity index (χ3n) is 3.00. The molecule has 0 unspecified atom stereocenters. The number of nitrogens with one attached hydrogen (secondary N) is 2. The monoisotopic (exact) mass is 327 g/mol. The Hall–Kier alpha value is -1.80. The summed E-state index contributed by atoms with van der Waals surface area (Å²) in [6.45, 7) is 3.39. The van der Waals surface area contributed by atoms with E-state index in [4.69, 9.17) is 0 Å². The molecule has 2 N–H and O–H groups in total. The lowest BCUT2D eigenvalue weighted by Crippen LogP contribution is -2.14. The Balaban J connectivity index is 2.37. The van der Waals surface area contributed by atoms with Crippen LogP contribution in [0.25, 0.3) is 0 Å². The van der Waals surface area contributed by atoms with Crippen LogP contribution >= 0.6 is 11.3 Å². The number of benzene rings is 1. The van der Waals surface area contributed by atoms with Crippen LogP contribution in [0, 0.1) is 13.8 Å². The van der Waals surface area contributed by atoms with Gasteiger partial charge in [-0.05, 0) is 37.6 Å². The molecule has 0 aliphatic rings. The van der Waals surface area contributed by atoms with Gasteiger partial charge in [-0.25, -0.2) is 8.42 Å². The quantitative estimate of drug-likeness (QED) is 0.899. The number of hydrogen-bond donors (Lipinski definition) is 2. The fourth-order valence-electron chi connectivity index (χ4n) is 1.88. The van der Waals surface area contributed by atoms with E-state index < -0.39 is 10.0 Å². The van der Waals surface area contributed by atoms with E-state index in [1.54, 1.807) is 13.0 Å². The Morgan fingerprint density at radius 3 is 2.38 bits per heavy atom. The highest BCUT2D eigenvalue weighted by Gasteiger charge is 2.21. The van der Waals surface area contributed by atoms with Crippen LogP contribution in [0.3, 0.4) is 0 Å². The van der Waals surface area contributed by atoms with Crippen molar-refractivity contribution in [1.82, 2.24) is 4.98 Å². The molecule has 114 valence electrons. The van der Waals surface area contributed by atoms with Crippen molar-refractivity contribution in [2.45, 2.75) is 18.1 Å². The lowest BCUT2D eigenvalue weighted by molar-refractivity contribution is 0.602. The second-order valence-electron chi connectivity index (χ2n) is 4.93. The zero-order chi connectivity index (χ0) is 15.8. The lowest BCUT2D eigenvalue weighted by Gasteiger charge is -2.15. The highest BCUT2D eigenvalue weighted by Crippen LogP contribution is 2.25. The van der Waals surface area contributed by atoms with Gasteiger partial charge in [-0.1, -0.05) is 11.3 Å². The highest BCUT2D eigenvalue weighted by atomic mass is 32.2. The summed E-state index contributed by atoms with van der Waals surface area (Å²) in [6, 6.07) is 5.44. The van der Waals surface area contributed by atoms with E-state index in [2.05, 4.69) is 9.71 Å². The van der Waals surface area contributed by atoms with Gasteiger partial charge in [0.25, 0.3) is 10.0 Å². The minimum absolute atomic E-state index is 0.0172. The summed E-state index contributed by atoms with van der Waals surface area (Å²) in [6.07, 6.45) is 0. The van der Waals surface area contributed by atoms with Crippen LogP contribution < -0.4 is 14.5 Å². The molecule has 0 saturated carbocycles. The summed E-state index contributed by atoms with van der Waals surface area (Å²) in [4.78, 5) is 15.3. The van der Waals surface area contributed by atoms with Crippen LogP contribution in [-0.4, -0.2) is 27.5 Å².